The van der Waals surface area contributed by atoms with Crippen molar-refractivity contribution >= 4 is 23.3 Å². The number of nitrogens with zero attached hydrogens (tertiary/aromatic N) is 2. The summed E-state index contributed by atoms with van der Waals surface area (Å²) in [6.45, 7) is 6.38. The minimum Gasteiger partial charge on any atom is -0.463 e. The largest absolute Gasteiger partial charge is 0.463 e. The Labute approximate surface area is 158 Å². The third-order valence-electron chi connectivity index (χ3n) is 4.75. The summed E-state index contributed by atoms with van der Waals surface area (Å²) in [5.41, 5.74) is 2.17. The van der Waals surface area contributed by atoms with E-state index in [1.165, 1.54) is 0 Å². The second-order valence-electron chi connectivity index (χ2n) is 6.46. The molecule has 3 rings (SSSR count). The lowest BCUT2D eigenvalue weighted by Crippen LogP contribution is -2.49. The van der Waals surface area contributed by atoms with Gasteiger partial charge in [-0.25, -0.2) is 9.59 Å². The average molecular weight is 378 g/mol. The van der Waals surface area contributed by atoms with Gasteiger partial charge in [0.15, 0.2) is 0 Å². The quantitative estimate of drug-likeness (QED) is 0.761. The topological polar surface area (TPSA) is 73.9 Å². The van der Waals surface area contributed by atoms with Crippen molar-refractivity contribution in [3.63, 3.8) is 0 Å². The second-order valence-corrected chi connectivity index (χ2v) is 7.24. The van der Waals surface area contributed by atoms with Crippen LogP contribution in [0.15, 0.2) is 28.1 Å². The van der Waals surface area contributed by atoms with E-state index in [1.54, 1.807) is 30.2 Å². The molecule has 8 heteroatoms. The standard InChI is InChI=1S/C18H26N4O3S/c1-3-25-17(23)15-14(11-22-8-4-6-19-7-9-22)21(2)18(24)20-16(15)13-5-10-26-12-13/h5,10,12,16,19H,3-4,6-9,11H2,1-2H3,(H,20,24). The molecule has 3 heterocycles. The number of nitrogens with one attached hydrogen (secondary N) is 2. The molecule has 7 nitrogen and oxygen atoms in total. The van der Waals surface area contributed by atoms with Crippen LogP contribution in [0.2, 0.25) is 0 Å². The summed E-state index contributed by atoms with van der Waals surface area (Å²) in [4.78, 5) is 29.2. The van der Waals surface area contributed by atoms with E-state index >= 15 is 0 Å². The van der Waals surface area contributed by atoms with Crippen LogP contribution in [0.1, 0.15) is 24.9 Å². The zero-order chi connectivity index (χ0) is 18.5. The van der Waals surface area contributed by atoms with Crippen molar-refractivity contribution < 1.29 is 14.3 Å². The Bertz CT molecular complexity index is 666. The van der Waals surface area contributed by atoms with E-state index in [4.69, 9.17) is 4.74 Å². The molecule has 2 N–H and O–H groups in total. The van der Waals surface area contributed by atoms with Crippen LogP contribution in [0.3, 0.4) is 0 Å². The summed E-state index contributed by atoms with van der Waals surface area (Å²) in [5.74, 6) is -0.363. The number of carbonyl (C=O) groups excluding carboxylic acids is 2. The van der Waals surface area contributed by atoms with Gasteiger partial charge in [0.1, 0.15) is 0 Å². The van der Waals surface area contributed by atoms with Crippen LogP contribution < -0.4 is 10.6 Å². The van der Waals surface area contributed by atoms with Gasteiger partial charge in [-0.3, -0.25) is 9.80 Å². The van der Waals surface area contributed by atoms with Crippen LogP contribution in [-0.4, -0.2) is 68.2 Å². The highest BCUT2D eigenvalue weighted by atomic mass is 32.1. The molecule has 1 aromatic heterocycles. The summed E-state index contributed by atoms with van der Waals surface area (Å²) in [7, 11) is 1.71. The van der Waals surface area contributed by atoms with Gasteiger partial charge >= 0.3 is 12.0 Å². The normalized spacial score (nSPS) is 22.2. The van der Waals surface area contributed by atoms with Crippen molar-refractivity contribution in [3.05, 3.63) is 33.7 Å². The molecule has 0 saturated carbocycles. The maximum atomic E-state index is 12.8. The molecule has 2 aliphatic rings. The Hall–Kier alpha value is -1.90. The van der Waals surface area contributed by atoms with Crippen LogP contribution >= 0.6 is 11.3 Å². The van der Waals surface area contributed by atoms with Crippen LogP contribution in [0.5, 0.6) is 0 Å². The monoisotopic (exact) mass is 378 g/mol. The highest BCUT2D eigenvalue weighted by Gasteiger charge is 2.37. The molecule has 1 saturated heterocycles. The molecular formula is C18H26N4O3S. The van der Waals surface area contributed by atoms with E-state index < -0.39 is 6.04 Å². The number of rotatable bonds is 5. The Morgan fingerprint density at radius 2 is 2.23 bits per heavy atom. The van der Waals surface area contributed by atoms with Crippen LogP contribution in [0, 0.1) is 0 Å². The molecule has 0 aliphatic carbocycles. The third-order valence-corrected chi connectivity index (χ3v) is 5.46. The minimum absolute atomic E-state index is 0.197. The number of hydrogen-bond donors (Lipinski definition) is 2. The molecule has 0 bridgehead atoms. The highest BCUT2D eigenvalue weighted by Crippen LogP contribution is 2.32. The summed E-state index contributed by atoms with van der Waals surface area (Å²) in [6, 6.07) is 1.27. The number of amides is 2. The Morgan fingerprint density at radius 3 is 2.96 bits per heavy atom. The number of urea groups is 1. The van der Waals surface area contributed by atoms with Crippen molar-refractivity contribution in [1.29, 1.82) is 0 Å². The molecule has 0 radical (unpaired) electrons. The zero-order valence-electron chi connectivity index (χ0n) is 15.3. The van der Waals surface area contributed by atoms with Gasteiger partial charge in [-0.15, -0.1) is 0 Å². The molecule has 1 unspecified atom stereocenters. The van der Waals surface area contributed by atoms with Gasteiger partial charge in [0.05, 0.1) is 18.2 Å². The Morgan fingerprint density at radius 1 is 1.38 bits per heavy atom. The van der Waals surface area contributed by atoms with Crippen molar-refractivity contribution in [3.8, 4) is 0 Å². The van der Waals surface area contributed by atoms with E-state index in [1.807, 2.05) is 16.8 Å². The second kappa shape index (κ2) is 8.66. The molecule has 2 amide bonds. The molecule has 142 valence electrons. The summed E-state index contributed by atoms with van der Waals surface area (Å²) >= 11 is 1.54. The molecule has 1 fully saturated rings. The number of ether oxygens (including phenoxy) is 1. The highest BCUT2D eigenvalue weighted by molar-refractivity contribution is 7.08. The lowest BCUT2D eigenvalue weighted by molar-refractivity contribution is -0.139. The van der Waals surface area contributed by atoms with Gasteiger partial charge in [-0.05, 0) is 48.8 Å². The molecule has 0 aromatic carbocycles. The Balaban J connectivity index is 1.99. The number of likely N-dealkylation sites (N-methyl/N-ethyl adjacent to an activating group) is 1. The molecule has 0 spiro atoms. The Kier molecular flexibility index (Phi) is 6.29. The minimum atomic E-state index is -0.468. The lowest BCUT2D eigenvalue weighted by atomic mass is 9.96. The van der Waals surface area contributed by atoms with E-state index in [-0.39, 0.29) is 12.0 Å². The number of thiophene rings is 1. The molecule has 1 atom stereocenters. The van der Waals surface area contributed by atoms with Crippen LogP contribution in [0.4, 0.5) is 4.79 Å². The van der Waals surface area contributed by atoms with Gasteiger partial charge in [0.2, 0.25) is 0 Å². The predicted octanol–water partition coefficient (Wildman–Crippen LogP) is 1.56. The van der Waals surface area contributed by atoms with E-state index in [0.717, 1.165) is 43.9 Å². The molecule has 1 aromatic rings. The van der Waals surface area contributed by atoms with Gasteiger partial charge in [0.25, 0.3) is 0 Å². The fourth-order valence-corrected chi connectivity index (χ4v) is 4.04. The van der Waals surface area contributed by atoms with E-state index in [2.05, 4.69) is 15.5 Å². The number of esters is 1. The fourth-order valence-electron chi connectivity index (χ4n) is 3.36. The number of hydrogen-bond acceptors (Lipinski definition) is 6. The van der Waals surface area contributed by atoms with E-state index in [9.17, 15) is 9.59 Å². The van der Waals surface area contributed by atoms with E-state index in [0.29, 0.717) is 18.7 Å². The van der Waals surface area contributed by atoms with Crippen LogP contribution in [-0.2, 0) is 9.53 Å². The molecule has 26 heavy (non-hydrogen) atoms. The fraction of sp³-hybridized carbons (Fsp3) is 0.556. The third kappa shape index (κ3) is 4.08. The molecule has 2 aliphatic heterocycles. The van der Waals surface area contributed by atoms with Crippen molar-refractivity contribution in [2.45, 2.75) is 19.4 Å². The van der Waals surface area contributed by atoms with Gasteiger partial charge in [-0.2, -0.15) is 11.3 Å². The maximum absolute atomic E-state index is 12.8. The smallest absolute Gasteiger partial charge is 0.338 e. The number of carbonyl (C=O) groups is 2. The average Bonchev–Trinajstić information content (AvgIpc) is 3.04. The first-order valence-electron chi connectivity index (χ1n) is 9.01. The lowest BCUT2D eigenvalue weighted by Gasteiger charge is -2.36. The predicted molar refractivity (Wildman–Crippen MR) is 101 cm³/mol. The summed E-state index contributed by atoms with van der Waals surface area (Å²) in [6.07, 6.45) is 1.05. The van der Waals surface area contributed by atoms with Gasteiger partial charge < -0.3 is 15.4 Å². The first-order valence-corrected chi connectivity index (χ1v) is 9.95. The molecular weight excluding hydrogens is 352 g/mol. The zero-order valence-corrected chi connectivity index (χ0v) is 16.1. The summed E-state index contributed by atoms with van der Waals surface area (Å²) in [5, 5.41) is 10.2. The van der Waals surface area contributed by atoms with Crippen molar-refractivity contribution in [1.82, 2.24) is 20.4 Å². The summed E-state index contributed by atoms with van der Waals surface area (Å²) < 4.78 is 5.34. The maximum Gasteiger partial charge on any atom is 0.338 e. The first kappa shape index (κ1) is 18.9. The van der Waals surface area contributed by atoms with Gasteiger partial charge in [0, 0.05) is 32.4 Å². The van der Waals surface area contributed by atoms with Crippen molar-refractivity contribution in [2.24, 2.45) is 0 Å². The van der Waals surface area contributed by atoms with Crippen molar-refractivity contribution in [2.75, 3.05) is 46.4 Å². The van der Waals surface area contributed by atoms with Gasteiger partial charge in [-0.1, -0.05) is 0 Å². The SMILES string of the molecule is CCOC(=O)C1=C(CN2CCCNCC2)N(C)C(=O)NC1c1ccsc1. The first-order chi connectivity index (χ1) is 12.6. The van der Waals surface area contributed by atoms with Crippen LogP contribution in [0.25, 0.3) is 0 Å².